The summed E-state index contributed by atoms with van der Waals surface area (Å²) in [5.74, 6) is 0. The van der Waals surface area contributed by atoms with Gasteiger partial charge >= 0.3 is 0 Å². The number of nitrogens with two attached hydrogens (primary N) is 1. The molecule has 0 bridgehead atoms. The summed E-state index contributed by atoms with van der Waals surface area (Å²) in [5.41, 5.74) is 8.58. The summed E-state index contributed by atoms with van der Waals surface area (Å²) >= 11 is 1.58. The molecule has 0 spiro atoms. The van der Waals surface area contributed by atoms with Crippen LogP contribution in [0.1, 0.15) is 23.3 Å². The Morgan fingerprint density at radius 3 is 2.00 bits per heavy atom. The number of nitrogens with zero attached hydrogens (tertiary/aromatic N) is 1. The number of thioether (sulfide) groups is 1. The Labute approximate surface area is 136 Å². The first-order chi connectivity index (χ1) is 10.7. The number of amidine groups is 1. The lowest BCUT2D eigenvalue weighted by Gasteiger charge is -2.18. The Balaban J connectivity index is 2.23. The monoisotopic (exact) mass is 314 g/mol. The first-order valence-electron chi connectivity index (χ1n) is 7.29. The van der Waals surface area contributed by atoms with Crippen molar-refractivity contribution in [2.24, 2.45) is 10.7 Å². The van der Waals surface area contributed by atoms with Gasteiger partial charge in [-0.2, -0.15) is 0 Å². The van der Waals surface area contributed by atoms with Gasteiger partial charge in [0.1, 0.15) is 0 Å². The first kappa shape index (κ1) is 16.6. The average Bonchev–Trinajstić information content (AvgIpc) is 2.54. The van der Waals surface area contributed by atoms with Gasteiger partial charge in [0.15, 0.2) is 5.17 Å². The molecule has 0 radical (unpaired) electrons. The molecule has 116 valence electrons. The van der Waals surface area contributed by atoms with E-state index in [1.165, 1.54) is 11.1 Å². The molecule has 2 aromatic rings. The van der Waals surface area contributed by atoms with Gasteiger partial charge in [-0.3, -0.25) is 4.99 Å². The second-order valence-corrected chi connectivity index (χ2v) is 6.22. The molecule has 0 aromatic heterocycles. The van der Waals surface area contributed by atoms with E-state index in [2.05, 4.69) is 29.3 Å². The van der Waals surface area contributed by atoms with Crippen molar-refractivity contribution in [1.29, 1.82) is 0 Å². The molecule has 2 aromatic carbocycles. The maximum Gasteiger partial charge on any atom is 0.155 e. The van der Waals surface area contributed by atoms with Gasteiger partial charge < -0.3 is 10.5 Å². The minimum Gasteiger partial charge on any atom is -0.382 e. The fraction of sp³-hybridized carbons (Fsp3) is 0.278. The lowest BCUT2D eigenvalue weighted by Crippen LogP contribution is -2.16. The second-order valence-electron chi connectivity index (χ2n) is 5.09. The highest BCUT2D eigenvalue weighted by atomic mass is 32.2. The molecular formula is C18H22N2OS. The van der Waals surface area contributed by atoms with Crippen LogP contribution in [0.3, 0.4) is 0 Å². The van der Waals surface area contributed by atoms with E-state index in [4.69, 9.17) is 10.5 Å². The van der Waals surface area contributed by atoms with Crippen molar-refractivity contribution in [3.05, 3.63) is 71.8 Å². The third-order valence-corrected chi connectivity index (χ3v) is 4.33. The second kappa shape index (κ2) is 8.61. The highest BCUT2D eigenvalue weighted by molar-refractivity contribution is 8.14. The number of aliphatic imine (C=N–C) groups is 1. The Morgan fingerprint density at radius 2 is 1.55 bits per heavy atom. The van der Waals surface area contributed by atoms with Crippen molar-refractivity contribution in [2.75, 3.05) is 13.7 Å². The Hall–Kier alpha value is -1.78. The van der Waals surface area contributed by atoms with Crippen LogP contribution in [0.2, 0.25) is 0 Å². The van der Waals surface area contributed by atoms with Crippen LogP contribution in [-0.4, -0.2) is 24.9 Å². The van der Waals surface area contributed by atoms with E-state index in [0.717, 1.165) is 0 Å². The van der Waals surface area contributed by atoms with Crippen LogP contribution < -0.4 is 5.73 Å². The van der Waals surface area contributed by atoms with Crippen molar-refractivity contribution in [3.8, 4) is 0 Å². The zero-order valence-corrected chi connectivity index (χ0v) is 13.8. The van der Waals surface area contributed by atoms with Crippen LogP contribution in [0.15, 0.2) is 65.7 Å². The Bertz CT molecular complexity index is 547. The molecule has 22 heavy (non-hydrogen) atoms. The predicted molar refractivity (Wildman–Crippen MR) is 95.3 cm³/mol. The topological polar surface area (TPSA) is 47.6 Å². The first-order valence-corrected chi connectivity index (χ1v) is 8.17. The maximum absolute atomic E-state index is 6.14. The van der Waals surface area contributed by atoms with Crippen LogP contribution in [0.4, 0.5) is 0 Å². The van der Waals surface area contributed by atoms with E-state index in [1.54, 1.807) is 18.9 Å². The van der Waals surface area contributed by atoms with Crippen LogP contribution in [-0.2, 0) is 4.74 Å². The van der Waals surface area contributed by atoms with Crippen molar-refractivity contribution in [2.45, 2.75) is 18.2 Å². The Morgan fingerprint density at radius 1 is 1.05 bits per heavy atom. The lowest BCUT2D eigenvalue weighted by molar-refractivity contribution is 0.186. The van der Waals surface area contributed by atoms with Crippen LogP contribution in [0, 0.1) is 0 Å². The molecular weight excluding hydrogens is 292 g/mol. The summed E-state index contributed by atoms with van der Waals surface area (Å²) in [5, 5.41) is 0.725. The molecule has 0 unspecified atom stereocenters. The molecule has 2 N–H and O–H groups in total. The van der Waals surface area contributed by atoms with E-state index >= 15 is 0 Å². The number of hydrogen-bond acceptors (Lipinski definition) is 3. The fourth-order valence-electron chi connectivity index (χ4n) is 2.23. The van der Waals surface area contributed by atoms with E-state index in [0.29, 0.717) is 11.8 Å². The van der Waals surface area contributed by atoms with Crippen LogP contribution >= 0.6 is 11.8 Å². The van der Waals surface area contributed by atoms with Gasteiger partial charge in [0.25, 0.3) is 0 Å². The molecule has 0 aliphatic heterocycles. The van der Waals surface area contributed by atoms with Crippen LogP contribution in [0.25, 0.3) is 0 Å². The van der Waals surface area contributed by atoms with Crippen molar-refractivity contribution >= 4 is 16.9 Å². The highest BCUT2D eigenvalue weighted by Gasteiger charge is 2.16. The molecule has 0 aliphatic carbocycles. The summed E-state index contributed by atoms with van der Waals surface area (Å²) in [6, 6.07) is 20.8. The number of hydrogen-bond donors (Lipinski definition) is 1. The van der Waals surface area contributed by atoms with E-state index in [9.17, 15) is 0 Å². The van der Waals surface area contributed by atoms with Gasteiger partial charge in [-0.1, -0.05) is 72.4 Å². The van der Waals surface area contributed by atoms with E-state index in [-0.39, 0.29) is 11.3 Å². The molecule has 3 nitrogen and oxygen atoms in total. The summed E-state index contributed by atoms with van der Waals surface area (Å²) in [7, 11) is 1.67. The minimum atomic E-state index is 0.0599. The molecule has 2 rings (SSSR count). The largest absolute Gasteiger partial charge is 0.382 e. The van der Waals surface area contributed by atoms with Crippen molar-refractivity contribution in [3.63, 3.8) is 0 Å². The van der Waals surface area contributed by atoms with Crippen LogP contribution in [0.5, 0.6) is 0 Å². The lowest BCUT2D eigenvalue weighted by atomic mass is 10.0. The van der Waals surface area contributed by atoms with Gasteiger partial charge in [-0.25, -0.2) is 0 Å². The quantitative estimate of drug-likeness (QED) is 0.650. The molecule has 0 heterocycles. The smallest absolute Gasteiger partial charge is 0.155 e. The summed E-state index contributed by atoms with van der Waals surface area (Å²) in [6.07, 6.45) is 0. The zero-order valence-electron chi connectivity index (χ0n) is 13.0. The third-order valence-electron chi connectivity index (χ3n) is 3.20. The van der Waals surface area contributed by atoms with Gasteiger partial charge in [0.05, 0.1) is 17.9 Å². The van der Waals surface area contributed by atoms with Gasteiger partial charge in [0.2, 0.25) is 0 Å². The standard InChI is InChI=1S/C18H22N2OS/c1-14(13-21-2)20-18(19)22-17(15-9-5-3-6-10-15)16-11-7-4-8-12-16/h3-12,14,17H,13H2,1-2H3,(H2,19,20)/t14-/m0/s1. The number of rotatable bonds is 6. The predicted octanol–water partition coefficient (Wildman–Crippen LogP) is 3.86. The van der Waals surface area contributed by atoms with Gasteiger partial charge in [-0.15, -0.1) is 0 Å². The van der Waals surface area contributed by atoms with Crippen molar-refractivity contribution < 1.29 is 4.74 Å². The molecule has 0 saturated carbocycles. The average molecular weight is 314 g/mol. The SMILES string of the molecule is COC[C@H](C)N=C(N)SC(c1ccccc1)c1ccccc1. The Kier molecular flexibility index (Phi) is 6.49. The van der Waals surface area contributed by atoms with Gasteiger partial charge in [0, 0.05) is 7.11 Å². The molecule has 1 atom stereocenters. The summed E-state index contributed by atoms with van der Waals surface area (Å²) in [6.45, 7) is 2.57. The normalized spacial score (nSPS) is 13.3. The summed E-state index contributed by atoms with van der Waals surface area (Å²) in [4.78, 5) is 4.49. The number of ether oxygens (including phenoxy) is 1. The third kappa shape index (κ3) is 4.90. The number of benzene rings is 2. The molecule has 0 amide bonds. The molecule has 0 saturated heterocycles. The zero-order chi connectivity index (χ0) is 15.8. The van der Waals surface area contributed by atoms with E-state index in [1.807, 2.05) is 43.3 Å². The number of methoxy groups -OCH3 is 1. The molecule has 0 fully saturated rings. The molecule has 4 heteroatoms. The maximum atomic E-state index is 6.14. The van der Waals surface area contributed by atoms with Gasteiger partial charge in [-0.05, 0) is 18.1 Å². The van der Waals surface area contributed by atoms with E-state index < -0.39 is 0 Å². The van der Waals surface area contributed by atoms with Crippen molar-refractivity contribution in [1.82, 2.24) is 0 Å². The minimum absolute atomic E-state index is 0.0599. The summed E-state index contributed by atoms with van der Waals surface area (Å²) < 4.78 is 5.11. The highest BCUT2D eigenvalue weighted by Crippen LogP contribution is 2.35. The molecule has 0 aliphatic rings. The fourth-order valence-corrected chi connectivity index (χ4v) is 3.30.